The summed E-state index contributed by atoms with van der Waals surface area (Å²) in [7, 11) is 0. The van der Waals surface area contributed by atoms with Gasteiger partial charge in [0.05, 0.1) is 6.04 Å². The van der Waals surface area contributed by atoms with E-state index in [-0.39, 0.29) is 11.9 Å². The number of hydrogen-bond donors (Lipinski definition) is 1. The van der Waals surface area contributed by atoms with E-state index in [1.54, 1.807) is 0 Å². The van der Waals surface area contributed by atoms with Crippen molar-refractivity contribution in [2.24, 2.45) is 0 Å². The average Bonchev–Trinajstić information content (AvgIpc) is 2.48. The first-order chi connectivity index (χ1) is 9.20. The lowest BCUT2D eigenvalue weighted by molar-refractivity contribution is -0.121. The summed E-state index contributed by atoms with van der Waals surface area (Å²) < 4.78 is 0. The molecule has 0 bridgehead atoms. The van der Waals surface area contributed by atoms with E-state index in [0.717, 1.165) is 5.56 Å². The molecule has 1 amide bonds. The van der Waals surface area contributed by atoms with Gasteiger partial charge in [0.2, 0.25) is 5.91 Å². The van der Waals surface area contributed by atoms with Crippen molar-refractivity contribution in [2.75, 3.05) is 0 Å². The molecule has 0 radical (unpaired) electrons. The number of hydrogen-bond acceptors (Lipinski definition) is 1. The van der Waals surface area contributed by atoms with Crippen molar-refractivity contribution in [3.05, 3.63) is 60.2 Å². The quantitative estimate of drug-likeness (QED) is 0.878. The second kappa shape index (κ2) is 6.19. The molecular formula is C17H19NO. The number of amides is 1. The summed E-state index contributed by atoms with van der Waals surface area (Å²) in [5.74, 6) is 0.0830. The van der Waals surface area contributed by atoms with E-state index in [2.05, 4.69) is 41.7 Å². The van der Waals surface area contributed by atoms with E-state index in [0.29, 0.717) is 6.42 Å². The first kappa shape index (κ1) is 13.3. The monoisotopic (exact) mass is 253 g/mol. The van der Waals surface area contributed by atoms with Gasteiger partial charge in [0.1, 0.15) is 0 Å². The van der Waals surface area contributed by atoms with Gasteiger partial charge in [-0.3, -0.25) is 4.79 Å². The Balaban J connectivity index is 2.12. The zero-order valence-corrected chi connectivity index (χ0v) is 11.4. The summed E-state index contributed by atoms with van der Waals surface area (Å²) in [6.07, 6.45) is 0.520. The first-order valence-corrected chi connectivity index (χ1v) is 6.65. The molecule has 2 aromatic rings. The van der Waals surface area contributed by atoms with Crippen LogP contribution in [0.4, 0.5) is 0 Å². The molecule has 0 heterocycles. The summed E-state index contributed by atoms with van der Waals surface area (Å²) in [6.45, 7) is 3.87. The van der Waals surface area contributed by atoms with E-state index in [1.165, 1.54) is 11.1 Å². The Morgan fingerprint density at radius 2 is 1.58 bits per heavy atom. The molecule has 0 aliphatic rings. The van der Waals surface area contributed by atoms with Crippen molar-refractivity contribution >= 4 is 5.91 Å². The molecule has 2 nitrogen and oxygen atoms in total. The Hall–Kier alpha value is -2.09. The molecule has 2 aromatic carbocycles. The van der Waals surface area contributed by atoms with Crippen LogP contribution >= 0.6 is 0 Å². The first-order valence-electron chi connectivity index (χ1n) is 6.65. The molecule has 1 atom stereocenters. The van der Waals surface area contributed by atoms with Crippen molar-refractivity contribution in [1.82, 2.24) is 5.32 Å². The lowest BCUT2D eigenvalue weighted by Gasteiger charge is -2.14. The largest absolute Gasteiger partial charge is 0.350 e. The van der Waals surface area contributed by atoms with E-state index in [4.69, 9.17) is 0 Å². The van der Waals surface area contributed by atoms with Crippen LogP contribution in [0.5, 0.6) is 0 Å². The Morgan fingerprint density at radius 1 is 1.00 bits per heavy atom. The fourth-order valence-electron chi connectivity index (χ4n) is 2.02. The molecule has 0 saturated heterocycles. The van der Waals surface area contributed by atoms with Gasteiger partial charge in [0, 0.05) is 6.42 Å². The molecule has 19 heavy (non-hydrogen) atoms. The molecule has 0 fully saturated rings. The lowest BCUT2D eigenvalue weighted by atomic mass is 10.0. The minimum absolute atomic E-state index is 0.0530. The number of carbonyl (C=O) groups excluding carboxylic acids is 1. The standard InChI is InChI=1S/C17H19NO/c1-3-17(19)18-13(2)14-9-11-16(12-10-14)15-7-5-4-6-8-15/h4-13H,3H2,1-2H3,(H,18,19). The third-order valence-corrected chi connectivity index (χ3v) is 3.22. The lowest BCUT2D eigenvalue weighted by Crippen LogP contribution is -2.25. The maximum Gasteiger partial charge on any atom is 0.220 e. The topological polar surface area (TPSA) is 29.1 Å². The SMILES string of the molecule is CCC(=O)NC(C)c1ccc(-c2ccccc2)cc1. The second-order valence-electron chi connectivity index (χ2n) is 4.63. The van der Waals surface area contributed by atoms with Crippen LogP contribution in [0.25, 0.3) is 11.1 Å². The minimum Gasteiger partial charge on any atom is -0.350 e. The smallest absolute Gasteiger partial charge is 0.220 e. The Kier molecular flexibility index (Phi) is 4.35. The summed E-state index contributed by atoms with van der Waals surface area (Å²) in [5, 5.41) is 2.97. The van der Waals surface area contributed by atoms with Crippen molar-refractivity contribution < 1.29 is 4.79 Å². The zero-order valence-electron chi connectivity index (χ0n) is 11.4. The molecule has 0 saturated carbocycles. The number of carbonyl (C=O) groups is 1. The molecule has 0 spiro atoms. The van der Waals surface area contributed by atoms with Gasteiger partial charge in [0.15, 0.2) is 0 Å². The third-order valence-electron chi connectivity index (χ3n) is 3.22. The average molecular weight is 253 g/mol. The summed E-state index contributed by atoms with van der Waals surface area (Å²) in [5.41, 5.74) is 3.53. The van der Waals surface area contributed by atoms with Gasteiger partial charge in [-0.15, -0.1) is 0 Å². The molecule has 0 aliphatic heterocycles. The number of nitrogens with one attached hydrogen (secondary N) is 1. The molecule has 1 N–H and O–H groups in total. The van der Waals surface area contributed by atoms with Gasteiger partial charge >= 0.3 is 0 Å². The van der Waals surface area contributed by atoms with Crippen LogP contribution in [-0.2, 0) is 4.79 Å². The predicted molar refractivity (Wildman–Crippen MR) is 78.7 cm³/mol. The van der Waals surface area contributed by atoms with Gasteiger partial charge in [0.25, 0.3) is 0 Å². The highest BCUT2D eigenvalue weighted by atomic mass is 16.1. The van der Waals surface area contributed by atoms with E-state index in [1.807, 2.05) is 32.0 Å². The summed E-state index contributed by atoms with van der Waals surface area (Å²) >= 11 is 0. The van der Waals surface area contributed by atoms with Crippen LogP contribution < -0.4 is 5.32 Å². The highest BCUT2D eigenvalue weighted by Crippen LogP contribution is 2.21. The third kappa shape index (κ3) is 3.44. The predicted octanol–water partition coefficient (Wildman–Crippen LogP) is 3.94. The van der Waals surface area contributed by atoms with Gasteiger partial charge < -0.3 is 5.32 Å². The molecular weight excluding hydrogens is 234 g/mol. The Labute approximate surface area is 114 Å². The van der Waals surface area contributed by atoms with Crippen molar-refractivity contribution in [3.63, 3.8) is 0 Å². The fourth-order valence-corrected chi connectivity index (χ4v) is 2.02. The molecule has 98 valence electrons. The van der Waals surface area contributed by atoms with Gasteiger partial charge in [-0.05, 0) is 23.6 Å². The van der Waals surface area contributed by atoms with E-state index < -0.39 is 0 Å². The van der Waals surface area contributed by atoms with Crippen LogP contribution in [0.1, 0.15) is 31.9 Å². The van der Waals surface area contributed by atoms with Gasteiger partial charge in [-0.1, -0.05) is 61.5 Å². The second-order valence-corrected chi connectivity index (χ2v) is 4.63. The number of rotatable bonds is 4. The maximum atomic E-state index is 11.4. The van der Waals surface area contributed by atoms with Crippen molar-refractivity contribution in [3.8, 4) is 11.1 Å². The number of benzene rings is 2. The zero-order chi connectivity index (χ0) is 13.7. The maximum absolute atomic E-state index is 11.4. The fraction of sp³-hybridized carbons (Fsp3) is 0.235. The van der Waals surface area contributed by atoms with E-state index >= 15 is 0 Å². The normalized spacial score (nSPS) is 11.9. The molecule has 0 aliphatic carbocycles. The van der Waals surface area contributed by atoms with E-state index in [9.17, 15) is 4.79 Å². The van der Waals surface area contributed by atoms with Crippen molar-refractivity contribution in [2.45, 2.75) is 26.3 Å². The van der Waals surface area contributed by atoms with Crippen LogP contribution in [0.15, 0.2) is 54.6 Å². The molecule has 2 rings (SSSR count). The molecule has 1 unspecified atom stereocenters. The Morgan fingerprint density at radius 3 is 2.16 bits per heavy atom. The van der Waals surface area contributed by atoms with Crippen LogP contribution in [0.2, 0.25) is 0 Å². The van der Waals surface area contributed by atoms with Gasteiger partial charge in [-0.25, -0.2) is 0 Å². The minimum atomic E-state index is 0.0530. The Bertz CT molecular complexity index is 531. The van der Waals surface area contributed by atoms with Crippen LogP contribution in [0, 0.1) is 0 Å². The highest BCUT2D eigenvalue weighted by Gasteiger charge is 2.07. The van der Waals surface area contributed by atoms with Crippen LogP contribution in [0.3, 0.4) is 0 Å². The summed E-state index contributed by atoms with van der Waals surface area (Å²) in [6, 6.07) is 18.7. The van der Waals surface area contributed by atoms with Crippen molar-refractivity contribution in [1.29, 1.82) is 0 Å². The summed E-state index contributed by atoms with van der Waals surface area (Å²) in [4.78, 5) is 11.4. The highest BCUT2D eigenvalue weighted by molar-refractivity contribution is 5.76. The van der Waals surface area contributed by atoms with Crippen LogP contribution in [-0.4, -0.2) is 5.91 Å². The molecule has 0 aromatic heterocycles. The van der Waals surface area contributed by atoms with Gasteiger partial charge in [-0.2, -0.15) is 0 Å². The molecule has 2 heteroatoms.